The summed E-state index contributed by atoms with van der Waals surface area (Å²) >= 11 is 7.82. The number of nitrogens with zero attached hydrogens (tertiary/aromatic N) is 4. The number of carboxylic acid groups (broad SMARTS) is 1. The van der Waals surface area contributed by atoms with Gasteiger partial charge in [0.05, 0.1) is 27.4 Å². The van der Waals surface area contributed by atoms with Gasteiger partial charge in [-0.2, -0.15) is 5.10 Å². The molecule has 1 aliphatic rings. The van der Waals surface area contributed by atoms with Crippen LogP contribution in [0.15, 0.2) is 48.5 Å². The largest absolute Gasteiger partial charge is 0.479 e. The Balaban J connectivity index is 1.51. The van der Waals surface area contributed by atoms with E-state index < -0.39 is 17.7 Å². The summed E-state index contributed by atoms with van der Waals surface area (Å²) in [5, 5.41) is 17.8. The molecule has 1 aliphatic heterocycles. The van der Waals surface area contributed by atoms with Crippen molar-refractivity contribution in [1.82, 2.24) is 14.8 Å². The monoisotopic (exact) mass is 632 g/mol. The van der Waals surface area contributed by atoms with Crippen molar-refractivity contribution < 1.29 is 19.4 Å². The lowest BCUT2D eigenvalue weighted by Crippen LogP contribution is -2.37. The summed E-state index contributed by atoms with van der Waals surface area (Å²) in [5.41, 5.74) is 5.29. The summed E-state index contributed by atoms with van der Waals surface area (Å²) in [4.78, 5) is 20.1. The van der Waals surface area contributed by atoms with Crippen LogP contribution in [-0.4, -0.2) is 57.7 Å². The van der Waals surface area contributed by atoms with Gasteiger partial charge in [0.1, 0.15) is 5.01 Å². The van der Waals surface area contributed by atoms with Crippen molar-refractivity contribution in [3.63, 3.8) is 0 Å². The van der Waals surface area contributed by atoms with Crippen molar-refractivity contribution in [2.45, 2.75) is 58.3 Å². The van der Waals surface area contributed by atoms with E-state index in [1.54, 1.807) is 18.4 Å². The molecule has 1 saturated heterocycles. The first-order valence-corrected chi connectivity index (χ1v) is 16.0. The highest BCUT2D eigenvalue weighted by atomic mass is 35.5. The zero-order chi connectivity index (χ0) is 31.3. The van der Waals surface area contributed by atoms with Gasteiger partial charge in [-0.05, 0) is 88.1 Å². The first-order chi connectivity index (χ1) is 20.9. The summed E-state index contributed by atoms with van der Waals surface area (Å²) in [6.45, 7) is 9.31. The molecular weight excluding hydrogens is 596 g/mol. The number of carbonyl (C=O) groups is 1. The number of ether oxygens (including phenoxy) is 2. The second kappa shape index (κ2) is 11.8. The Bertz CT molecular complexity index is 1850. The molecule has 10 heteroatoms. The number of methoxy groups -OCH3 is 1. The fourth-order valence-corrected chi connectivity index (χ4v) is 7.33. The lowest BCUT2D eigenvalue weighted by molar-refractivity contribution is -0.160. The number of hydrogen-bond donors (Lipinski definition) is 1. The zero-order valence-electron chi connectivity index (χ0n) is 25.8. The van der Waals surface area contributed by atoms with Crippen LogP contribution in [0, 0.1) is 6.92 Å². The molecule has 5 aromatic rings. The number of anilines is 1. The third kappa shape index (κ3) is 5.81. The molecule has 0 radical (unpaired) electrons. The second-order valence-corrected chi connectivity index (χ2v) is 13.8. The standard InChI is InChI=1S/C34H37ClN4O4S/c1-19-17-25-30(28(20-7-10-22(35)11-8-20)27(19)29(33(40)41)43-34(2,3)4)44-32(36-25)21-9-12-26-24(18-21)31(37-38(26)5)39-15-13-23(42-6)14-16-39/h7-12,17-18,23,29H,13-16H2,1-6H3,(H,40,41)/t29-/m0/s1. The number of carboxylic acids is 1. The molecule has 2 aromatic heterocycles. The fraction of sp³-hybridized carbons (Fsp3) is 0.382. The number of rotatable bonds is 7. The number of aryl methyl sites for hydroxylation is 2. The van der Waals surface area contributed by atoms with Gasteiger partial charge in [0, 0.05) is 54.3 Å². The normalized spacial score (nSPS) is 15.4. The van der Waals surface area contributed by atoms with Crippen LogP contribution in [0.25, 0.3) is 42.8 Å². The van der Waals surface area contributed by atoms with E-state index in [4.69, 9.17) is 31.2 Å². The Hall–Kier alpha value is -3.50. The SMILES string of the molecule is COC1CCN(c2nn(C)c3ccc(-c4nc5cc(C)c([C@H](OC(C)(C)C)C(=O)O)c(-c6ccc(Cl)cc6)c5s4)cc23)CC1. The third-order valence-electron chi connectivity index (χ3n) is 8.17. The molecule has 0 aliphatic carbocycles. The van der Waals surface area contributed by atoms with Gasteiger partial charge in [0.15, 0.2) is 11.9 Å². The maximum absolute atomic E-state index is 12.7. The first kappa shape index (κ1) is 30.5. The van der Waals surface area contributed by atoms with Gasteiger partial charge in [-0.15, -0.1) is 11.3 Å². The summed E-state index contributed by atoms with van der Waals surface area (Å²) < 4.78 is 14.6. The van der Waals surface area contributed by atoms with Crippen molar-refractivity contribution in [3.8, 4) is 21.7 Å². The molecule has 0 bridgehead atoms. The molecule has 6 rings (SSSR count). The minimum absolute atomic E-state index is 0.289. The van der Waals surface area contributed by atoms with Crippen molar-refractivity contribution in [2.24, 2.45) is 7.05 Å². The third-order valence-corrected chi connectivity index (χ3v) is 9.56. The van der Waals surface area contributed by atoms with Crippen LogP contribution in [0.3, 0.4) is 0 Å². The van der Waals surface area contributed by atoms with E-state index in [-0.39, 0.29) is 6.10 Å². The number of hydrogen-bond acceptors (Lipinski definition) is 7. The molecular formula is C34H37ClN4O4S. The number of fused-ring (bicyclic) bond motifs is 2. The average Bonchev–Trinajstić information content (AvgIpc) is 3.56. The molecule has 1 atom stereocenters. The molecule has 44 heavy (non-hydrogen) atoms. The smallest absolute Gasteiger partial charge is 0.337 e. The number of aliphatic carboxylic acids is 1. The molecule has 230 valence electrons. The minimum Gasteiger partial charge on any atom is -0.479 e. The molecule has 3 heterocycles. The van der Waals surface area contributed by atoms with E-state index in [1.807, 2.05) is 69.8 Å². The van der Waals surface area contributed by atoms with Crippen molar-refractivity contribution in [2.75, 3.05) is 25.1 Å². The zero-order valence-corrected chi connectivity index (χ0v) is 27.4. The highest BCUT2D eigenvalue weighted by molar-refractivity contribution is 7.22. The van der Waals surface area contributed by atoms with E-state index >= 15 is 0 Å². The Morgan fingerprint density at radius 2 is 1.77 bits per heavy atom. The van der Waals surface area contributed by atoms with Gasteiger partial charge < -0.3 is 19.5 Å². The van der Waals surface area contributed by atoms with Crippen molar-refractivity contribution in [3.05, 3.63) is 64.7 Å². The van der Waals surface area contributed by atoms with E-state index in [9.17, 15) is 9.90 Å². The second-order valence-electron chi connectivity index (χ2n) is 12.4. The van der Waals surface area contributed by atoms with E-state index in [0.717, 1.165) is 80.1 Å². The Labute approximate surface area is 266 Å². The molecule has 0 amide bonds. The molecule has 8 nitrogen and oxygen atoms in total. The van der Waals surface area contributed by atoms with Crippen LogP contribution in [0.4, 0.5) is 5.82 Å². The summed E-state index contributed by atoms with van der Waals surface area (Å²) in [7, 11) is 3.76. The van der Waals surface area contributed by atoms with Crippen molar-refractivity contribution in [1.29, 1.82) is 0 Å². The van der Waals surface area contributed by atoms with Gasteiger partial charge in [-0.3, -0.25) is 4.68 Å². The first-order valence-electron chi connectivity index (χ1n) is 14.8. The molecule has 1 fully saturated rings. The summed E-state index contributed by atoms with van der Waals surface area (Å²) in [6.07, 6.45) is 1.07. The van der Waals surface area contributed by atoms with Gasteiger partial charge in [0.25, 0.3) is 0 Å². The fourth-order valence-electron chi connectivity index (χ4n) is 6.08. The number of thiazole rings is 1. The number of aromatic nitrogens is 3. The predicted molar refractivity (Wildman–Crippen MR) is 178 cm³/mol. The van der Waals surface area contributed by atoms with E-state index in [2.05, 4.69) is 23.1 Å². The number of halogens is 1. The topological polar surface area (TPSA) is 89.7 Å². The molecule has 0 unspecified atom stereocenters. The van der Waals surface area contributed by atoms with Gasteiger partial charge in [-0.25, -0.2) is 9.78 Å². The maximum Gasteiger partial charge on any atom is 0.337 e. The van der Waals surface area contributed by atoms with Gasteiger partial charge in [-0.1, -0.05) is 23.7 Å². The minimum atomic E-state index is -1.16. The summed E-state index contributed by atoms with van der Waals surface area (Å²) in [6, 6.07) is 15.8. The van der Waals surface area contributed by atoms with Crippen LogP contribution in [-0.2, 0) is 21.3 Å². The highest BCUT2D eigenvalue weighted by Gasteiger charge is 2.32. The Morgan fingerprint density at radius 1 is 1.09 bits per heavy atom. The van der Waals surface area contributed by atoms with Crippen LogP contribution in [0.2, 0.25) is 5.02 Å². The van der Waals surface area contributed by atoms with Crippen molar-refractivity contribution >= 4 is 55.8 Å². The lowest BCUT2D eigenvalue weighted by atomic mass is 9.91. The molecule has 1 N–H and O–H groups in total. The van der Waals surface area contributed by atoms with Crippen LogP contribution in [0.5, 0.6) is 0 Å². The van der Waals surface area contributed by atoms with Crippen LogP contribution in [0.1, 0.15) is 50.8 Å². The number of benzene rings is 3. The Kier molecular flexibility index (Phi) is 8.17. The van der Waals surface area contributed by atoms with Crippen LogP contribution < -0.4 is 4.90 Å². The molecule has 0 saturated carbocycles. The van der Waals surface area contributed by atoms with E-state index in [1.165, 1.54) is 0 Å². The van der Waals surface area contributed by atoms with Crippen LogP contribution >= 0.6 is 22.9 Å². The highest BCUT2D eigenvalue weighted by Crippen LogP contribution is 2.45. The number of piperidine rings is 1. The molecule has 3 aromatic carbocycles. The quantitative estimate of drug-likeness (QED) is 0.194. The van der Waals surface area contributed by atoms with Gasteiger partial charge in [0.2, 0.25) is 0 Å². The summed E-state index contributed by atoms with van der Waals surface area (Å²) in [5.74, 6) is -0.0601. The Morgan fingerprint density at radius 3 is 2.41 bits per heavy atom. The van der Waals surface area contributed by atoms with E-state index in [0.29, 0.717) is 10.6 Å². The molecule has 0 spiro atoms. The maximum atomic E-state index is 12.7. The lowest BCUT2D eigenvalue weighted by Gasteiger charge is -2.31. The average molecular weight is 633 g/mol. The van der Waals surface area contributed by atoms with Gasteiger partial charge >= 0.3 is 5.97 Å². The predicted octanol–water partition coefficient (Wildman–Crippen LogP) is 8.03.